The highest BCUT2D eigenvalue weighted by atomic mass is 16.5. The van der Waals surface area contributed by atoms with Crippen LogP contribution in [0.3, 0.4) is 0 Å². The maximum atomic E-state index is 11.4. The van der Waals surface area contributed by atoms with Crippen molar-refractivity contribution in [2.45, 2.75) is 32.2 Å². The Balaban J connectivity index is 2.08. The standard InChI is InChI=1S/C13H17NO2/c1-2-12(15)11(14)7-9-3-4-10-5-6-16-13(10)8-9/h3-4,8,11H,2,5-7,14H2,1H3. The molecule has 2 N–H and O–H groups in total. The van der Waals surface area contributed by atoms with Gasteiger partial charge in [0.15, 0.2) is 0 Å². The second-order valence-corrected chi connectivity index (χ2v) is 4.17. The van der Waals surface area contributed by atoms with Gasteiger partial charge >= 0.3 is 0 Å². The predicted molar refractivity (Wildman–Crippen MR) is 62.6 cm³/mol. The number of carbonyl (C=O) groups excluding carboxylic acids is 1. The Labute approximate surface area is 95.6 Å². The molecule has 0 spiro atoms. The number of benzene rings is 1. The minimum absolute atomic E-state index is 0.112. The minimum Gasteiger partial charge on any atom is -0.493 e. The molecule has 3 nitrogen and oxygen atoms in total. The van der Waals surface area contributed by atoms with E-state index in [2.05, 4.69) is 6.07 Å². The fraction of sp³-hybridized carbons (Fsp3) is 0.462. The lowest BCUT2D eigenvalue weighted by atomic mass is 10.0. The molecule has 0 amide bonds. The van der Waals surface area contributed by atoms with E-state index in [1.807, 2.05) is 19.1 Å². The third-order valence-electron chi connectivity index (χ3n) is 2.98. The molecule has 86 valence electrons. The first-order chi connectivity index (χ1) is 7.70. The largest absolute Gasteiger partial charge is 0.493 e. The Morgan fingerprint density at radius 2 is 2.38 bits per heavy atom. The van der Waals surface area contributed by atoms with Crippen molar-refractivity contribution in [3.05, 3.63) is 29.3 Å². The van der Waals surface area contributed by atoms with Gasteiger partial charge in [0.1, 0.15) is 11.5 Å². The van der Waals surface area contributed by atoms with E-state index in [-0.39, 0.29) is 11.8 Å². The van der Waals surface area contributed by atoms with Crippen LogP contribution >= 0.6 is 0 Å². The lowest BCUT2D eigenvalue weighted by Crippen LogP contribution is -2.32. The number of hydrogen-bond donors (Lipinski definition) is 1. The average Bonchev–Trinajstić information content (AvgIpc) is 2.75. The Morgan fingerprint density at radius 1 is 1.56 bits per heavy atom. The molecule has 3 heteroatoms. The molecule has 0 saturated heterocycles. The molecule has 1 unspecified atom stereocenters. The van der Waals surface area contributed by atoms with Crippen LogP contribution in [0.4, 0.5) is 0 Å². The smallest absolute Gasteiger partial charge is 0.149 e. The molecule has 0 bridgehead atoms. The Hall–Kier alpha value is -1.35. The van der Waals surface area contributed by atoms with Crippen LogP contribution in [0.15, 0.2) is 18.2 Å². The highest BCUT2D eigenvalue weighted by molar-refractivity contribution is 5.83. The van der Waals surface area contributed by atoms with Gasteiger partial charge in [-0.25, -0.2) is 0 Å². The minimum atomic E-state index is -0.385. The van der Waals surface area contributed by atoms with Gasteiger partial charge in [0.25, 0.3) is 0 Å². The van der Waals surface area contributed by atoms with Gasteiger partial charge < -0.3 is 10.5 Å². The molecule has 1 heterocycles. The average molecular weight is 219 g/mol. The molecule has 0 aromatic heterocycles. The Kier molecular flexibility index (Phi) is 3.25. The molecular weight excluding hydrogens is 202 g/mol. The van der Waals surface area contributed by atoms with E-state index in [0.29, 0.717) is 12.8 Å². The van der Waals surface area contributed by atoms with Crippen LogP contribution in [0.1, 0.15) is 24.5 Å². The number of ether oxygens (including phenoxy) is 1. The van der Waals surface area contributed by atoms with Gasteiger partial charge in [0, 0.05) is 12.8 Å². The maximum Gasteiger partial charge on any atom is 0.149 e. The molecule has 16 heavy (non-hydrogen) atoms. The summed E-state index contributed by atoms with van der Waals surface area (Å²) >= 11 is 0. The molecule has 0 fully saturated rings. The van der Waals surface area contributed by atoms with E-state index in [1.54, 1.807) is 0 Å². The zero-order valence-electron chi connectivity index (χ0n) is 9.53. The molecule has 0 aliphatic carbocycles. The van der Waals surface area contributed by atoms with E-state index in [4.69, 9.17) is 10.5 Å². The molecule has 1 aliphatic heterocycles. The van der Waals surface area contributed by atoms with E-state index in [9.17, 15) is 4.79 Å². The summed E-state index contributed by atoms with van der Waals surface area (Å²) in [5, 5.41) is 0. The highest BCUT2D eigenvalue weighted by Gasteiger charge is 2.15. The van der Waals surface area contributed by atoms with Crippen molar-refractivity contribution in [1.82, 2.24) is 0 Å². The zero-order chi connectivity index (χ0) is 11.5. The first kappa shape index (κ1) is 11.1. The number of ketones is 1. The van der Waals surface area contributed by atoms with Crippen LogP contribution in [0.2, 0.25) is 0 Å². The third kappa shape index (κ3) is 2.25. The molecule has 1 atom stereocenters. The molecule has 1 aromatic rings. The maximum absolute atomic E-state index is 11.4. The van der Waals surface area contributed by atoms with Crippen molar-refractivity contribution in [3.63, 3.8) is 0 Å². The SMILES string of the molecule is CCC(=O)C(N)Cc1ccc2c(c1)OCC2. The number of fused-ring (bicyclic) bond motifs is 1. The van der Waals surface area contributed by atoms with Crippen molar-refractivity contribution in [2.75, 3.05) is 6.61 Å². The monoisotopic (exact) mass is 219 g/mol. The van der Waals surface area contributed by atoms with E-state index in [1.165, 1.54) is 5.56 Å². The second kappa shape index (κ2) is 4.66. The summed E-state index contributed by atoms with van der Waals surface area (Å²) in [5.74, 6) is 1.06. The van der Waals surface area contributed by atoms with Gasteiger partial charge in [-0.1, -0.05) is 19.1 Å². The first-order valence-electron chi connectivity index (χ1n) is 5.73. The summed E-state index contributed by atoms with van der Waals surface area (Å²) in [4.78, 5) is 11.4. The summed E-state index contributed by atoms with van der Waals surface area (Å²) in [7, 11) is 0. The van der Waals surface area contributed by atoms with Crippen LogP contribution in [0.25, 0.3) is 0 Å². The molecule has 1 aliphatic rings. The molecule has 1 aromatic carbocycles. The van der Waals surface area contributed by atoms with E-state index < -0.39 is 0 Å². The van der Waals surface area contributed by atoms with Crippen LogP contribution < -0.4 is 10.5 Å². The van der Waals surface area contributed by atoms with E-state index >= 15 is 0 Å². The van der Waals surface area contributed by atoms with Gasteiger partial charge in [-0.3, -0.25) is 4.79 Å². The molecular formula is C13H17NO2. The van der Waals surface area contributed by atoms with Gasteiger partial charge in [0.2, 0.25) is 0 Å². The summed E-state index contributed by atoms with van der Waals surface area (Å²) < 4.78 is 5.48. The first-order valence-corrected chi connectivity index (χ1v) is 5.73. The van der Waals surface area contributed by atoms with Crippen molar-refractivity contribution in [3.8, 4) is 5.75 Å². The van der Waals surface area contributed by atoms with Gasteiger partial charge in [0.05, 0.1) is 12.6 Å². The predicted octanol–water partition coefficient (Wildman–Crippen LogP) is 1.47. The number of hydrogen-bond acceptors (Lipinski definition) is 3. The van der Waals surface area contributed by atoms with Crippen LogP contribution in [-0.2, 0) is 17.6 Å². The zero-order valence-corrected chi connectivity index (χ0v) is 9.53. The van der Waals surface area contributed by atoms with Crippen LogP contribution in [0.5, 0.6) is 5.75 Å². The van der Waals surface area contributed by atoms with Gasteiger partial charge in [-0.15, -0.1) is 0 Å². The summed E-state index contributed by atoms with van der Waals surface area (Å²) in [6.07, 6.45) is 2.08. The lowest BCUT2D eigenvalue weighted by Gasteiger charge is -2.10. The summed E-state index contributed by atoms with van der Waals surface area (Å²) in [5.41, 5.74) is 8.14. The van der Waals surface area contributed by atoms with Crippen LogP contribution in [-0.4, -0.2) is 18.4 Å². The number of nitrogens with two attached hydrogens (primary N) is 1. The third-order valence-corrected chi connectivity index (χ3v) is 2.98. The highest BCUT2D eigenvalue weighted by Crippen LogP contribution is 2.26. The normalized spacial score (nSPS) is 15.4. The van der Waals surface area contributed by atoms with Crippen molar-refractivity contribution < 1.29 is 9.53 Å². The second-order valence-electron chi connectivity index (χ2n) is 4.17. The summed E-state index contributed by atoms with van der Waals surface area (Å²) in [6.45, 7) is 2.60. The Bertz CT molecular complexity index is 401. The van der Waals surface area contributed by atoms with E-state index in [0.717, 1.165) is 24.3 Å². The molecule has 2 rings (SSSR count). The quantitative estimate of drug-likeness (QED) is 0.834. The van der Waals surface area contributed by atoms with Crippen molar-refractivity contribution >= 4 is 5.78 Å². The van der Waals surface area contributed by atoms with Gasteiger partial charge in [-0.05, 0) is 23.6 Å². The van der Waals surface area contributed by atoms with Crippen molar-refractivity contribution in [2.24, 2.45) is 5.73 Å². The van der Waals surface area contributed by atoms with Gasteiger partial charge in [-0.2, -0.15) is 0 Å². The Morgan fingerprint density at radius 3 is 3.12 bits per heavy atom. The summed E-state index contributed by atoms with van der Waals surface area (Å²) in [6, 6.07) is 5.73. The number of Topliss-reactive ketones (excluding diaryl/α,β-unsaturated/α-hetero) is 1. The topological polar surface area (TPSA) is 52.3 Å². The molecule has 0 radical (unpaired) electrons. The van der Waals surface area contributed by atoms with Crippen LogP contribution in [0, 0.1) is 0 Å². The number of carbonyl (C=O) groups is 1. The number of rotatable bonds is 4. The fourth-order valence-corrected chi connectivity index (χ4v) is 1.97. The molecule has 0 saturated carbocycles. The lowest BCUT2D eigenvalue weighted by molar-refractivity contribution is -0.119. The fourth-order valence-electron chi connectivity index (χ4n) is 1.97. The van der Waals surface area contributed by atoms with Crippen molar-refractivity contribution in [1.29, 1.82) is 0 Å².